The van der Waals surface area contributed by atoms with Crippen LogP contribution in [0.4, 0.5) is 4.39 Å². The van der Waals surface area contributed by atoms with Crippen LogP contribution in [0.25, 0.3) is 0 Å². The Morgan fingerprint density at radius 2 is 1.89 bits per heavy atom. The van der Waals surface area contributed by atoms with E-state index in [1.165, 1.54) is 18.9 Å². The van der Waals surface area contributed by atoms with Crippen LogP contribution in [0.1, 0.15) is 58.6 Å². The second kappa shape index (κ2) is 7.52. The van der Waals surface area contributed by atoms with E-state index >= 15 is 0 Å². The van der Waals surface area contributed by atoms with Gasteiger partial charge in [-0.3, -0.25) is 0 Å². The topological polar surface area (TPSA) is 12.0 Å². The first kappa shape index (κ1) is 15.2. The van der Waals surface area contributed by atoms with Crippen LogP contribution in [-0.4, -0.2) is 6.04 Å². The van der Waals surface area contributed by atoms with Gasteiger partial charge in [-0.1, -0.05) is 39.3 Å². The predicted molar refractivity (Wildman–Crippen MR) is 76.1 cm³/mol. The van der Waals surface area contributed by atoms with E-state index in [1.54, 1.807) is 12.1 Å². The van der Waals surface area contributed by atoms with Crippen LogP contribution in [0.3, 0.4) is 0 Å². The molecule has 2 heteroatoms. The fourth-order valence-electron chi connectivity index (χ4n) is 2.23. The number of nitrogens with one attached hydrogen (secondary N) is 1. The molecular weight excluding hydrogens is 225 g/mol. The Kier molecular flexibility index (Phi) is 6.34. The smallest absolute Gasteiger partial charge is 0.123 e. The van der Waals surface area contributed by atoms with Crippen molar-refractivity contribution in [1.29, 1.82) is 0 Å². The Hall–Kier alpha value is -0.890. The van der Waals surface area contributed by atoms with E-state index in [9.17, 15) is 4.39 Å². The molecule has 0 heterocycles. The highest BCUT2D eigenvalue weighted by Crippen LogP contribution is 2.18. The maximum atomic E-state index is 13.2. The summed E-state index contributed by atoms with van der Waals surface area (Å²) in [6, 6.07) is 7.59. The Morgan fingerprint density at radius 1 is 1.17 bits per heavy atom. The van der Waals surface area contributed by atoms with Crippen LogP contribution >= 0.6 is 0 Å². The lowest BCUT2D eigenvalue weighted by molar-refractivity contribution is 0.358. The van der Waals surface area contributed by atoms with Crippen LogP contribution < -0.4 is 5.32 Å². The van der Waals surface area contributed by atoms with Crippen molar-refractivity contribution in [3.8, 4) is 0 Å². The van der Waals surface area contributed by atoms with Gasteiger partial charge in [0.05, 0.1) is 0 Å². The zero-order chi connectivity index (χ0) is 13.5. The van der Waals surface area contributed by atoms with Gasteiger partial charge >= 0.3 is 0 Å². The molecule has 0 fully saturated rings. The van der Waals surface area contributed by atoms with E-state index in [0.29, 0.717) is 6.04 Å². The minimum atomic E-state index is -0.156. The summed E-state index contributed by atoms with van der Waals surface area (Å²) in [5.74, 6) is 0.582. The van der Waals surface area contributed by atoms with Crippen molar-refractivity contribution < 1.29 is 4.39 Å². The first-order chi connectivity index (χ1) is 8.56. The molecule has 0 aliphatic rings. The van der Waals surface area contributed by atoms with Gasteiger partial charge in [-0.25, -0.2) is 4.39 Å². The first-order valence-electron chi connectivity index (χ1n) is 7.08. The molecule has 0 amide bonds. The monoisotopic (exact) mass is 251 g/mol. The van der Waals surface area contributed by atoms with Crippen molar-refractivity contribution >= 4 is 0 Å². The standard InChI is InChI=1S/C16H26FN/c1-5-12(3)10-16(6-2)18-13(4)14-8-7-9-15(17)11-14/h7-9,11-13,16,18H,5-6,10H2,1-4H3. The summed E-state index contributed by atoms with van der Waals surface area (Å²) in [6.45, 7) is 8.83. The summed E-state index contributed by atoms with van der Waals surface area (Å²) in [4.78, 5) is 0. The van der Waals surface area contributed by atoms with E-state index in [2.05, 4.69) is 33.0 Å². The molecule has 0 aliphatic heterocycles. The van der Waals surface area contributed by atoms with Crippen molar-refractivity contribution in [2.24, 2.45) is 5.92 Å². The molecule has 1 nitrogen and oxygen atoms in total. The molecule has 0 spiro atoms. The summed E-state index contributed by atoms with van der Waals surface area (Å²) in [5.41, 5.74) is 1.03. The Labute approximate surface area is 111 Å². The third-order valence-electron chi connectivity index (χ3n) is 3.71. The van der Waals surface area contributed by atoms with Gasteiger partial charge in [-0.2, -0.15) is 0 Å². The molecule has 0 aromatic heterocycles. The van der Waals surface area contributed by atoms with Gasteiger partial charge in [0.2, 0.25) is 0 Å². The first-order valence-corrected chi connectivity index (χ1v) is 7.08. The van der Waals surface area contributed by atoms with Crippen LogP contribution in [0, 0.1) is 11.7 Å². The van der Waals surface area contributed by atoms with Crippen molar-refractivity contribution in [3.05, 3.63) is 35.6 Å². The molecule has 0 saturated carbocycles. The molecule has 0 bridgehead atoms. The number of halogens is 1. The molecule has 18 heavy (non-hydrogen) atoms. The zero-order valence-electron chi connectivity index (χ0n) is 12.0. The van der Waals surface area contributed by atoms with Crippen molar-refractivity contribution in [2.75, 3.05) is 0 Å². The van der Waals surface area contributed by atoms with E-state index in [0.717, 1.165) is 17.9 Å². The number of rotatable bonds is 7. The summed E-state index contributed by atoms with van der Waals surface area (Å²) < 4.78 is 13.2. The third-order valence-corrected chi connectivity index (χ3v) is 3.71. The van der Waals surface area contributed by atoms with Crippen LogP contribution in [0.15, 0.2) is 24.3 Å². The number of hydrogen-bond acceptors (Lipinski definition) is 1. The summed E-state index contributed by atoms with van der Waals surface area (Å²) in [7, 11) is 0. The second-order valence-corrected chi connectivity index (χ2v) is 5.30. The second-order valence-electron chi connectivity index (χ2n) is 5.30. The van der Waals surface area contributed by atoms with Gasteiger partial charge in [0.25, 0.3) is 0 Å². The molecule has 3 atom stereocenters. The summed E-state index contributed by atoms with van der Waals surface area (Å²) in [5, 5.41) is 3.61. The van der Waals surface area contributed by atoms with Crippen molar-refractivity contribution in [1.82, 2.24) is 5.32 Å². The fraction of sp³-hybridized carbons (Fsp3) is 0.625. The molecule has 102 valence electrons. The van der Waals surface area contributed by atoms with E-state index in [4.69, 9.17) is 0 Å². The van der Waals surface area contributed by atoms with Crippen molar-refractivity contribution in [2.45, 2.75) is 59.0 Å². The maximum absolute atomic E-state index is 13.2. The summed E-state index contributed by atoms with van der Waals surface area (Å²) in [6.07, 6.45) is 3.52. The SMILES string of the molecule is CCC(C)CC(CC)NC(C)c1cccc(F)c1. The molecular formula is C16H26FN. The fourth-order valence-corrected chi connectivity index (χ4v) is 2.23. The molecule has 1 aromatic rings. The van der Waals surface area contributed by atoms with E-state index in [-0.39, 0.29) is 11.9 Å². The third kappa shape index (κ3) is 4.77. The normalized spacial score (nSPS) is 16.3. The molecule has 1 N–H and O–H groups in total. The van der Waals surface area contributed by atoms with Crippen LogP contribution in [0.2, 0.25) is 0 Å². The average Bonchev–Trinajstić information content (AvgIpc) is 2.37. The lowest BCUT2D eigenvalue weighted by Gasteiger charge is -2.25. The number of benzene rings is 1. The van der Waals surface area contributed by atoms with Crippen LogP contribution in [0.5, 0.6) is 0 Å². The highest BCUT2D eigenvalue weighted by molar-refractivity contribution is 5.19. The molecule has 1 aromatic carbocycles. The van der Waals surface area contributed by atoms with Gasteiger partial charge in [0, 0.05) is 12.1 Å². The molecule has 0 radical (unpaired) electrons. The lowest BCUT2D eigenvalue weighted by atomic mass is 9.96. The van der Waals surface area contributed by atoms with Gasteiger partial charge < -0.3 is 5.32 Å². The molecule has 3 unspecified atom stereocenters. The minimum Gasteiger partial charge on any atom is -0.307 e. The largest absolute Gasteiger partial charge is 0.307 e. The van der Waals surface area contributed by atoms with E-state index in [1.807, 2.05) is 6.07 Å². The van der Waals surface area contributed by atoms with Gasteiger partial charge in [-0.05, 0) is 43.4 Å². The molecule has 0 aliphatic carbocycles. The van der Waals surface area contributed by atoms with Gasteiger partial charge in [0.1, 0.15) is 5.82 Å². The highest BCUT2D eigenvalue weighted by atomic mass is 19.1. The predicted octanol–water partition coefficient (Wildman–Crippen LogP) is 4.69. The Morgan fingerprint density at radius 3 is 2.44 bits per heavy atom. The van der Waals surface area contributed by atoms with Gasteiger partial charge in [0.15, 0.2) is 0 Å². The molecule has 1 rings (SSSR count). The van der Waals surface area contributed by atoms with Crippen LogP contribution in [-0.2, 0) is 0 Å². The minimum absolute atomic E-state index is 0.156. The number of hydrogen-bond donors (Lipinski definition) is 1. The highest BCUT2D eigenvalue weighted by Gasteiger charge is 2.14. The van der Waals surface area contributed by atoms with Crippen molar-refractivity contribution in [3.63, 3.8) is 0 Å². The quantitative estimate of drug-likeness (QED) is 0.741. The Bertz CT molecular complexity index is 351. The average molecular weight is 251 g/mol. The lowest BCUT2D eigenvalue weighted by Crippen LogP contribution is -2.32. The maximum Gasteiger partial charge on any atom is 0.123 e. The molecule has 0 saturated heterocycles. The zero-order valence-corrected chi connectivity index (χ0v) is 12.0. The van der Waals surface area contributed by atoms with E-state index < -0.39 is 0 Å². The Balaban J connectivity index is 2.59. The van der Waals surface area contributed by atoms with Gasteiger partial charge in [-0.15, -0.1) is 0 Å². The summed E-state index contributed by atoms with van der Waals surface area (Å²) >= 11 is 0.